The number of benzene rings is 1. The second-order valence-electron chi connectivity index (χ2n) is 3.63. The molecule has 1 amide bonds. The maximum absolute atomic E-state index is 12.1. The number of ether oxygens (including phenoxy) is 1. The Morgan fingerprint density at radius 1 is 1.44 bits per heavy atom. The fraction of sp³-hybridized carbons (Fsp3) is 0.333. The Kier molecular flexibility index (Phi) is 4.97. The number of esters is 1. The second-order valence-corrected chi connectivity index (χ2v) is 4.04. The Bertz CT molecular complexity index is 463. The maximum Gasteiger partial charge on any atom is 0.325 e. The third-order valence-electron chi connectivity index (χ3n) is 2.46. The van der Waals surface area contributed by atoms with Crippen LogP contribution in [-0.2, 0) is 9.53 Å². The van der Waals surface area contributed by atoms with Gasteiger partial charge in [-0.05, 0) is 25.1 Å². The molecule has 0 aliphatic carbocycles. The van der Waals surface area contributed by atoms with Crippen molar-refractivity contribution in [2.24, 2.45) is 0 Å². The van der Waals surface area contributed by atoms with Gasteiger partial charge in [-0.3, -0.25) is 9.59 Å². The molecule has 1 aromatic rings. The summed E-state index contributed by atoms with van der Waals surface area (Å²) in [4.78, 5) is 24.7. The number of hydrogen-bond acceptors (Lipinski definition) is 4. The van der Waals surface area contributed by atoms with E-state index in [1.165, 1.54) is 18.1 Å². The summed E-state index contributed by atoms with van der Waals surface area (Å²) in [5, 5.41) is 0.391. The third kappa shape index (κ3) is 3.37. The van der Waals surface area contributed by atoms with Crippen LogP contribution in [0.5, 0.6) is 0 Å². The average molecular weight is 271 g/mol. The molecule has 1 aromatic carbocycles. The molecule has 0 saturated carbocycles. The van der Waals surface area contributed by atoms with Crippen LogP contribution in [0.3, 0.4) is 0 Å². The molecule has 0 saturated heterocycles. The molecule has 0 heterocycles. The minimum Gasteiger partial charge on any atom is -0.468 e. The second kappa shape index (κ2) is 6.26. The van der Waals surface area contributed by atoms with Crippen LogP contribution in [-0.4, -0.2) is 37.0 Å². The summed E-state index contributed by atoms with van der Waals surface area (Å²) in [6.45, 7) is 2.09. The zero-order valence-electron chi connectivity index (χ0n) is 10.3. The van der Waals surface area contributed by atoms with Gasteiger partial charge in [-0.15, -0.1) is 0 Å². The van der Waals surface area contributed by atoms with Gasteiger partial charge in [-0.2, -0.15) is 0 Å². The first-order chi connectivity index (χ1) is 8.49. The lowest BCUT2D eigenvalue weighted by molar-refractivity contribution is -0.141. The number of anilines is 1. The fourth-order valence-corrected chi connectivity index (χ4v) is 1.52. The number of nitrogens with two attached hydrogens (primary N) is 1. The van der Waals surface area contributed by atoms with E-state index in [0.717, 1.165) is 0 Å². The van der Waals surface area contributed by atoms with Crippen molar-refractivity contribution >= 4 is 29.2 Å². The molecular formula is C12H15ClN2O3. The van der Waals surface area contributed by atoms with Crippen molar-refractivity contribution in [2.75, 3.05) is 25.9 Å². The molecule has 0 bridgehead atoms. The molecule has 0 aromatic heterocycles. The van der Waals surface area contributed by atoms with Crippen LogP contribution in [0.15, 0.2) is 18.2 Å². The van der Waals surface area contributed by atoms with Gasteiger partial charge in [0.1, 0.15) is 6.54 Å². The Morgan fingerprint density at radius 3 is 2.61 bits per heavy atom. The Morgan fingerprint density at radius 2 is 2.11 bits per heavy atom. The highest BCUT2D eigenvalue weighted by Crippen LogP contribution is 2.20. The molecule has 0 aliphatic rings. The van der Waals surface area contributed by atoms with Crippen LogP contribution < -0.4 is 5.73 Å². The van der Waals surface area contributed by atoms with Crippen molar-refractivity contribution in [3.63, 3.8) is 0 Å². The summed E-state index contributed by atoms with van der Waals surface area (Å²) < 4.78 is 4.53. The molecule has 6 heteroatoms. The molecule has 0 unspecified atom stereocenters. The summed E-state index contributed by atoms with van der Waals surface area (Å²) in [5.74, 6) is -0.751. The first-order valence-electron chi connectivity index (χ1n) is 5.40. The number of amides is 1. The van der Waals surface area contributed by atoms with Crippen LogP contribution in [0.2, 0.25) is 5.02 Å². The average Bonchev–Trinajstić information content (AvgIpc) is 2.38. The predicted octanol–water partition coefficient (Wildman–Crippen LogP) is 1.56. The van der Waals surface area contributed by atoms with Crippen LogP contribution in [0.25, 0.3) is 0 Å². The minimum absolute atomic E-state index is 0.0889. The molecule has 98 valence electrons. The quantitative estimate of drug-likeness (QED) is 0.666. The number of carbonyl (C=O) groups is 2. The first kappa shape index (κ1) is 14.3. The van der Waals surface area contributed by atoms with Crippen molar-refractivity contribution < 1.29 is 14.3 Å². The van der Waals surface area contributed by atoms with E-state index in [1.54, 1.807) is 19.1 Å². The van der Waals surface area contributed by atoms with E-state index in [-0.39, 0.29) is 12.5 Å². The number of likely N-dealkylation sites (N-methyl/N-ethyl adjacent to an activating group) is 1. The third-order valence-corrected chi connectivity index (χ3v) is 2.80. The van der Waals surface area contributed by atoms with Crippen molar-refractivity contribution in [3.8, 4) is 0 Å². The molecule has 18 heavy (non-hydrogen) atoms. The molecule has 0 radical (unpaired) electrons. The van der Waals surface area contributed by atoms with E-state index in [4.69, 9.17) is 17.3 Å². The zero-order chi connectivity index (χ0) is 13.7. The Balaban J connectivity index is 2.89. The van der Waals surface area contributed by atoms with Crippen LogP contribution in [0.4, 0.5) is 5.69 Å². The van der Waals surface area contributed by atoms with Crippen LogP contribution in [0, 0.1) is 0 Å². The maximum atomic E-state index is 12.1. The molecule has 0 spiro atoms. The van der Waals surface area contributed by atoms with E-state index >= 15 is 0 Å². The molecule has 5 nitrogen and oxygen atoms in total. The monoisotopic (exact) mass is 270 g/mol. The van der Waals surface area contributed by atoms with Gasteiger partial charge in [0.15, 0.2) is 0 Å². The normalized spacial score (nSPS) is 9.94. The number of halogens is 1. The van der Waals surface area contributed by atoms with Crippen molar-refractivity contribution in [3.05, 3.63) is 28.8 Å². The lowest BCUT2D eigenvalue weighted by Crippen LogP contribution is -2.36. The summed E-state index contributed by atoms with van der Waals surface area (Å²) in [6, 6.07) is 4.61. The van der Waals surface area contributed by atoms with Gasteiger partial charge in [0.25, 0.3) is 5.91 Å². The molecule has 0 aliphatic heterocycles. The number of nitrogens with zero attached hydrogens (tertiary/aromatic N) is 1. The first-order valence-corrected chi connectivity index (χ1v) is 5.78. The van der Waals surface area contributed by atoms with Gasteiger partial charge in [-0.1, -0.05) is 11.6 Å². The summed E-state index contributed by atoms with van der Waals surface area (Å²) in [7, 11) is 1.28. The number of carbonyl (C=O) groups excluding carboxylic acids is 2. The zero-order valence-corrected chi connectivity index (χ0v) is 11.0. The van der Waals surface area contributed by atoms with Gasteiger partial charge in [0.05, 0.1) is 17.8 Å². The van der Waals surface area contributed by atoms with Gasteiger partial charge in [0, 0.05) is 12.1 Å². The standard InChI is InChI=1S/C12H15ClN2O3/c1-3-15(7-11(16)18-2)12(17)8-4-5-9(13)10(14)6-8/h4-6H,3,7,14H2,1-2H3. The van der Waals surface area contributed by atoms with E-state index in [9.17, 15) is 9.59 Å². The largest absolute Gasteiger partial charge is 0.468 e. The summed E-state index contributed by atoms with van der Waals surface area (Å²) >= 11 is 5.78. The molecule has 2 N–H and O–H groups in total. The molecule has 0 atom stereocenters. The Labute approximate surface area is 110 Å². The smallest absolute Gasteiger partial charge is 0.325 e. The van der Waals surface area contributed by atoms with E-state index in [1.807, 2.05) is 0 Å². The predicted molar refractivity (Wildman–Crippen MR) is 69.5 cm³/mol. The highest BCUT2D eigenvalue weighted by molar-refractivity contribution is 6.33. The highest BCUT2D eigenvalue weighted by Gasteiger charge is 2.18. The van der Waals surface area contributed by atoms with Crippen molar-refractivity contribution in [1.82, 2.24) is 4.90 Å². The lowest BCUT2D eigenvalue weighted by Gasteiger charge is -2.19. The fourth-order valence-electron chi connectivity index (χ4n) is 1.41. The number of rotatable bonds is 4. The van der Waals surface area contributed by atoms with E-state index in [2.05, 4.69) is 4.74 Å². The van der Waals surface area contributed by atoms with Gasteiger partial charge in [-0.25, -0.2) is 0 Å². The van der Waals surface area contributed by atoms with Gasteiger partial charge in [0.2, 0.25) is 0 Å². The molecule has 1 rings (SSSR count). The van der Waals surface area contributed by atoms with Crippen molar-refractivity contribution in [1.29, 1.82) is 0 Å². The van der Waals surface area contributed by atoms with E-state index < -0.39 is 5.97 Å². The summed E-state index contributed by atoms with van der Waals surface area (Å²) in [5.41, 5.74) is 6.35. The highest BCUT2D eigenvalue weighted by atomic mass is 35.5. The molecule has 0 fully saturated rings. The summed E-state index contributed by atoms with van der Waals surface area (Å²) in [6.07, 6.45) is 0. The number of methoxy groups -OCH3 is 1. The van der Waals surface area contributed by atoms with Gasteiger partial charge >= 0.3 is 5.97 Å². The SMILES string of the molecule is CCN(CC(=O)OC)C(=O)c1ccc(Cl)c(N)c1. The lowest BCUT2D eigenvalue weighted by atomic mass is 10.1. The minimum atomic E-state index is -0.466. The molecular weight excluding hydrogens is 256 g/mol. The van der Waals surface area contributed by atoms with Crippen LogP contribution >= 0.6 is 11.6 Å². The van der Waals surface area contributed by atoms with Crippen molar-refractivity contribution in [2.45, 2.75) is 6.92 Å². The number of nitrogen functional groups attached to an aromatic ring is 1. The number of hydrogen-bond donors (Lipinski definition) is 1. The Hall–Kier alpha value is -1.75. The topological polar surface area (TPSA) is 72.6 Å². The van der Waals surface area contributed by atoms with Crippen LogP contribution in [0.1, 0.15) is 17.3 Å². The van der Waals surface area contributed by atoms with E-state index in [0.29, 0.717) is 22.8 Å². The van der Waals surface area contributed by atoms with Gasteiger partial charge < -0.3 is 15.4 Å².